The van der Waals surface area contributed by atoms with Crippen molar-refractivity contribution in [2.24, 2.45) is 10.9 Å². The first-order valence-electron chi connectivity index (χ1n) is 6.13. The third kappa shape index (κ3) is 3.83. The van der Waals surface area contributed by atoms with Crippen LogP contribution in [0, 0.1) is 0 Å². The van der Waals surface area contributed by atoms with Crippen LogP contribution >= 0.6 is 0 Å². The van der Waals surface area contributed by atoms with E-state index in [-0.39, 0.29) is 24.1 Å². The van der Waals surface area contributed by atoms with E-state index in [0.717, 1.165) is 12.8 Å². The summed E-state index contributed by atoms with van der Waals surface area (Å²) < 4.78 is 37.7. The lowest BCUT2D eigenvalue weighted by atomic mass is 10.1. The van der Waals surface area contributed by atoms with Gasteiger partial charge < -0.3 is 10.9 Å². The van der Waals surface area contributed by atoms with Crippen LogP contribution in [0.25, 0.3) is 0 Å². The summed E-state index contributed by atoms with van der Waals surface area (Å²) in [6, 6.07) is 3.19. The van der Waals surface area contributed by atoms with Gasteiger partial charge in [0.05, 0.1) is 6.54 Å². The molecule has 1 fully saturated rings. The van der Waals surface area contributed by atoms with Crippen molar-refractivity contribution >= 4 is 5.84 Å². The zero-order valence-corrected chi connectivity index (χ0v) is 10.6. The Morgan fingerprint density at radius 3 is 2.75 bits per heavy atom. The Bertz CT molecular complexity index is 500. The molecule has 2 rings (SSSR count). The van der Waals surface area contributed by atoms with Gasteiger partial charge in [0.1, 0.15) is 5.69 Å². The number of nitrogens with two attached hydrogens (primary N) is 1. The number of halogens is 3. The van der Waals surface area contributed by atoms with Crippen molar-refractivity contribution in [2.45, 2.75) is 31.6 Å². The van der Waals surface area contributed by atoms with Crippen molar-refractivity contribution < 1.29 is 18.4 Å². The Kier molecular flexibility index (Phi) is 4.12. The summed E-state index contributed by atoms with van der Waals surface area (Å²) in [6.07, 6.45) is -1.28. The Labute approximate surface area is 113 Å². The van der Waals surface area contributed by atoms with Gasteiger partial charge >= 0.3 is 6.18 Å². The molecule has 8 heteroatoms. The molecule has 0 radical (unpaired) electrons. The molecule has 1 aromatic heterocycles. The predicted octanol–water partition coefficient (Wildman–Crippen LogP) is 1.70. The van der Waals surface area contributed by atoms with Gasteiger partial charge in [-0.25, -0.2) is 0 Å². The van der Waals surface area contributed by atoms with E-state index in [1.807, 2.05) is 0 Å². The fourth-order valence-corrected chi connectivity index (χ4v) is 2.05. The van der Waals surface area contributed by atoms with Crippen molar-refractivity contribution in [3.8, 4) is 0 Å². The van der Waals surface area contributed by atoms with Crippen LogP contribution in [0.2, 0.25) is 0 Å². The van der Waals surface area contributed by atoms with E-state index >= 15 is 0 Å². The molecular formula is C12H15F3N4O. The molecular weight excluding hydrogens is 273 g/mol. The van der Waals surface area contributed by atoms with Crippen LogP contribution in [0.1, 0.15) is 24.1 Å². The minimum absolute atomic E-state index is 0.0584. The average Bonchev–Trinajstić information content (AvgIpc) is 3.20. The molecule has 1 heterocycles. The second-order valence-electron chi connectivity index (χ2n) is 4.75. The molecule has 0 aliphatic heterocycles. The molecule has 5 nitrogen and oxygen atoms in total. The fourth-order valence-electron chi connectivity index (χ4n) is 2.05. The van der Waals surface area contributed by atoms with Gasteiger partial charge in [0.15, 0.2) is 5.84 Å². The van der Waals surface area contributed by atoms with Crippen LogP contribution in [-0.2, 0) is 6.54 Å². The lowest BCUT2D eigenvalue weighted by Gasteiger charge is -2.24. The summed E-state index contributed by atoms with van der Waals surface area (Å²) >= 11 is 0. The quantitative estimate of drug-likeness (QED) is 0.374. The summed E-state index contributed by atoms with van der Waals surface area (Å²) in [5, 5.41) is 11.5. The summed E-state index contributed by atoms with van der Waals surface area (Å²) in [5.41, 5.74) is 6.21. The molecule has 20 heavy (non-hydrogen) atoms. The molecule has 1 aliphatic carbocycles. The van der Waals surface area contributed by atoms with Crippen molar-refractivity contribution in [1.29, 1.82) is 0 Å². The summed E-state index contributed by atoms with van der Waals surface area (Å²) in [7, 11) is 0. The maximum atomic E-state index is 12.6. The zero-order chi connectivity index (χ0) is 14.8. The molecule has 0 saturated heterocycles. The summed E-state index contributed by atoms with van der Waals surface area (Å²) in [5.74, 6) is -0.205. The van der Waals surface area contributed by atoms with Gasteiger partial charge in [0.2, 0.25) is 0 Å². The second-order valence-corrected chi connectivity index (χ2v) is 4.75. The first-order chi connectivity index (χ1) is 9.40. The number of aromatic nitrogens is 1. The summed E-state index contributed by atoms with van der Waals surface area (Å²) in [6.45, 7) is -0.897. The molecule has 3 N–H and O–H groups in total. The van der Waals surface area contributed by atoms with Crippen LogP contribution in [0.15, 0.2) is 23.5 Å². The highest BCUT2D eigenvalue weighted by molar-refractivity contribution is 5.96. The van der Waals surface area contributed by atoms with Crippen molar-refractivity contribution in [1.82, 2.24) is 9.88 Å². The molecule has 110 valence electrons. The number of pyridine rings is 1. The first kappa shape index (κ1) is 14.6. The average molecular weight is 288 g/mol. The smallest absolute Gasteiger partial charge is 0.401 e. The van der Waals surface area contributed by atoms with Crippen molar-refractivity contribution in [3.05, 3.63) is 29.6 Å². The van der Waals surface area contributed by atoms with Gasteiger partial charge in [-0.15, -0.1) is 0 Å². The van der Waals surface area contributed by atoms with E-state index in [9.17, 15) is 13.2 Å². The molecule has 0 spiro atoms. The zero-order valence-electron chi connectivity index (χ0n) is 10.6. The van der Waals surface area contributed by atoms with Crippen molar-refractivity contribution in [2.75, 3.05) is 6.54 Å². The monoisotopic (exact) mass is 288 g/mol. The van der Waals surface area contributed by atoms with Crippen LogP contribution in [0.3, 0.4) is 0 Å². The van der Waals surface area contributed by atoms with Crippen LogP contribution in [-0.4, -0.2) is 39.7 Å². The molecule has 1 saturated carbocycles. The Hall–Kier alpha value is -1.83. The van der Waals surface area contributed by atoms with Gasteiger partial charge in [-0.3, -0.25) is 9.88 Å². The third-order valence-corrected chi connectivity index (χ3v) is 3.06. The highest BCUT2D eigenvalue weighted by atomic mass is 19.4. The first-order valence-corrected chi connectivity index (χ1v) is 6.13. The normalized spacial score (nSPS) is 16.7. The minimum atomic E-state index is -4.25. The number of hydrogen-bond acceptors (Lipinski definition) is 4. The van der Waals surface area contributed by atoms with Gasteiger partial charge in [-0.05, 0) is 24.5 Å². The van der Waals surface area contributed by atoms with Gasteiger partial charge in [0, 0.05) is 18.8 Å². The Morgan fingerprint density at radius 1 is 1.50 bits per heavy atom. The lowest BCUT2D eigenvalue weighted by Crippen LogP contribution is -2.36. The topological polar surface area (TPSA) is 74.7 Å². The predicted molar refractivity (Wildman–Crippen MR) is 66.2 cm³/mol. The van der Waals surface area contributed by atoms with E-state index in [0.29, 0.717) is 5.56 Å². The van der Waals surface area contributed by atoms with E-state index in [1.54, 1.807) is 12.1 Å². The standard InChI is InChI=1S/C12H15F3N4O/c13-12(14,15)7-19(9-3-4-9)6-8-2-1-5-17-10(8)11(16)18-20/h1-2,5,9,20H,3-4,6-7H2,(H2,16,18). The highest BCUT2D eigenvalue weighted by Crippen LogP contribution is 2.31. The molecule has 0 amide bonds. The molecule has 0 bridgehead atoms. The third-order valence-electron chi connectivity index (χ3n) is 3.06. The molecule has 0 atom stereocenters. The molecule has 0 aromatic carbocycles. The fraction of sp³-hybridized carbons (Fsp3) is 0.500. The van der Waals surface area contributed by atoms with E-state index in [1.165, 1.54) is 11.1 Å². The number of amidine groups is 1. The van der Waals surface area contributed by atoms with Crippen LogP contribution in [0.5, 0.6) is 0 Å². The lowest BCUT2D eigenvalue weighted by molar-refractivity contribution is -0.148. The molecule has 1 aliphatic rings. The number of hydrogen-bond donors (Lipinski definition) is 2. The van der Waals surface area contributed by atoms with E-state index in [2.05, 4.69) is 10.1 Å². The number of oxime groups is 1. The van der Waals surface area contributed by atoms with Crippen molar-refractivity contribution in [3.63, 3.8) is 0 Å². The maximum Gasteiger partial charge on any atom is 0.401 e. The summed E-state index contributed by atoms with van der Waals surface area (Å²) in [4.78, 5) is 5.31. The molecule has 0 unspecified atom stereocenters. The Morgan fingerprint density at radius 2 is 2.20 bits per heavy atom. The van der Waals surface area contributed by atoms with E-state index in [4.69, 9.17) is 10.9 Å². The number of nitrogens with zero attached hydrogens (tertiary/aromatic N) is 3. The maximum absolute atomic E-state index is 12.6. The highest BCUT2D eigenvalue weighted by Gasteiger charge is 2.38. The van der Waals surface area contributed by atoms with Gasteiger partial charge in [0.25, 0.3) is 0 Å². The minimum Gasteiger partial charge on any atom is -0.409 e. The number of alkyl halides is 3. The van der Waals surface area contributed by atoms with Gasteiger partial charge in [-0.2, -0.15) is 13.2 Å². The van der Waals surface area contributed by atoms with Crippen LogP contribution in [0.4, 0.5) is 13.2 Å². The largest absolute Gasteiger partial charge is 0.409 e. The van der Waals surface area contributed by atoms with E-state index < -0.39 is 12.7 Å². The van der Waals surface area contributed by atoms with Gasteiger partial charge in [-0.1, -0.05) is 11.2 Å². The number of rotatable bonds is 5. The van der Waals surface area contributed by atoms with Crippen LogP contribution < -0.4 is 5.73 Å². The Balaban J connectivity index is 2.19. The molecule has 1 aromatic rings. The SMILES string of the molecule is NC(=NO)c1ncccc1CN(CC(F)(F)F)C1CC1. The second kappa shape index (κ2) is 5.66.